The van der Waals surface area contributed by atoms with Crippen molar-refractivity contribution in [2.45, 2.75) is 161 Å². The summed E-state index contributed by atoms with van der Waals surface area (Å²) in [6.45, 7) is 14.8. The average molecular weight is 804 g/mol. The summed E-state index contributed by atoms with van der Waals surface area (Å²) in [6.07, 6.45) is 9.01. The predicted octanol–water partition coefficient (Wildman–Crippen LogP) is 8.33. The van der Waals surface area contributed by atoms with Crippen molar-refractivity contribution < 1.29 is 42.8 Å². The fourth-order valence-electron chi connectivity index (χ4n) is 11.4. The molecule has 4 unspecified atom stereocenters. The third-order valence-electron chi connectivity index (χ3n) is 15.3. The number of likely N-dealkylation sites (N-methyl/N-ethyl adjacent to an activating group) is 1. The minimum atomic E-state index is -0.489. The molecule has 320 valence electrons. The number of Topliss-reactive ketones (excluding diaryl/α,β-unsaturated/α-hetero) is 1. The second kappa shape index (κ2) is 18.4. The third kappa shape index (κ3) is 8.79. The van der Waals surface area contributed by atoms with Gasteiger partial charge in [0.2, 0.25) is 0 Å². The van der Waals surface area contributed by atoms with Crippen LogP contribution in [-0.2, 0) is 38.0 Å². The maximum atomic E-state index is 14.9. The van der Waals surface area contributed by atoms with Crippen LogP contribution in [0.3, 0.4) is 0 Å². The number of rotatable bonds is 8. The van der Waals surface area contributed by atoms with Crippen molar-refractivity contribution in [3.05, 3.63) is 59.2 Å². The van der Waals surface area contributed by atoms with Gasteiger partial charge in [0.1, 0.15) is 12.2 Å². The first-order valence-corrected chi connectivity index (χ1v) is 22.4. The van der Waals surface area contributed by atoms with E-state index in [-0.39, 0.29) is 84.5 Å². The van der Waals surface area contributed by atoms with Crippen LogP contribution in [0.4, 0.5) is 0 Å². The zero-order valence-electron chi connectivity index (χ0n) is 36.3. The molecular formula is C48H69NO9. The van der Waals surface area contributed by atoms with Crippen molar-refractivity contribution in [2.75, 3.05) is 14.2 Å². The number of cyclic esters (lactones) is 1. The predicted molar refractivity (Wildman–Crippen MR) is 220 cm³/mol. The van der Waals surface area contributed by atoms with Crippen molar-refractivity contribution in [3.8, 4) is 0 Å². The molecule has 4 fully saturated rings. The van der Waals surface area contributed by atoms with Gasteiger partial charge in [-0.15, -0.1) is 0 Å². The molecule has 3 heterocycles. The summed E-state index contributed by atoms with van der Waals surface area (Å²) < 4.78 is 38.6. The van der Waals surface area contributed by atoms with Gasteiger partial charge >= 0.3 is 5.97 Å². The van der Waals surface area contributed by atoms with Crippen LogP contribution in [0.1, 0.15) is 117 Å². The van der Waals surface area contributed by atoms with Gasteiger partial charge in [-0.3, -0.25) is 14.4 Å². The van der Waals surface area contributed by atoms with Crippen molar-refractivity contribution in [2.24, 2.45) is 47.3 Å². The Morgan fingerprint density at radius 1 is 0.862 bits per heavy atom. The molecule has 10 heteroatoms. The largest absolute Gasteiger partial charge is 0.462 e. The number of methoxy groups -OCH3 is 1. The lowest BCUT2D eigenvalue weighted by Gasteiger charge is -2.43. The zero-order chi connectivity index (χ0) is 41.4. The number of amides is 1. The van der Waals surface area contributed by atoms with Crippen LogP contribution < -0.4 is 0 Å². The van der Waals surface area contributed by atoms with Crippen LogP contribution in [-0.4, -0.2) is 92.0 Å². The lowest BCUT2D eigenvalue weighted by molar-refractivity contribution is -0.285. The summed E-state index contributed by atoms with van der Waals surface area (Å²) in [5.74, 6) is 0.585. The number of benzene rings is 1. The van der Waals surface area contributed by atoms with Crippen LogP contribution >= 0.6 is 0 Å². The summed E-state index contributed by atoms with van der Waals surface area (Å²) in [4.78, 5) is 43.6. The SMILES string of the molecule is CC[C@H]1CCC[C@H](O[C@H]2CC[C@H](N(C)C(=O)c3ccccc3)C(C)O2)[C@@H](C)C(=O)C2=C[C@@H]3[C@@H](C=C(C)[C@@H]4C[C@@H](O[C@@H]5OC(C)[C@H](C)C(C)C5OC)C[C@@H]34)[C@@H]2CC(=O)O1. The number of ketones is 1. The standard InChI is InChI=1S/C48H69NO9/c1-10-33-17-14-18-42(58-44-20-19-41(31(7)54-44)49(8)47(52)32-15-12-11-13-16-32)29(5)45(51)40-24-38-36(39(40)25-43(50)56-33)21-26(2)35-22-34(23-37(35)38)57-48-46(53-9)28(4)27(3)30(6)55-48/h11-13,15-16,21,24,27-31,33-39,41-42,44,46,48H,10,14,17-20,22-23,25H2,1-9H3/t27-,28?,29-,30?,31?,33+,34-,35+,36-,37-,38-,39+,41+,42+,44+,46?,48+/m1/s1. The zero-order valence-corrected chi connectivity index (χ0v) is 36.3. The number of ether oxygens (including phenoxy) is 6. The summed E-state index contributed by atoms with van der Waals surface area (Å²) in [5, 5.41) is 0. The van der Waals surface area contributed by atoms with Gasteiger partial charge < -0.3 is 33.3 Å². The van der Waals surface area contributed by atoms with Gasteiger partial charge in [-0.25, -0.2) is 0 Å². The second-order valence-corrected chi connectivity index (χ2v) is 18.6. The normalized spacial score (nSPS) is 42.1. The van der Waals surface area contributed by atoms with Gasteiger partial charge in [0.15, 0.2) is 18.4 Å². The van der Waals surface area contributed by atoms with E-state index in [4.69, 9.17) is 28.4 Å². The van der Waals surface area contributed by atoms with Crippen molar-refractivity contribution in [3.63, 3.8) is 0 Å². The molecule has 17 atom stereocenters. The van der Waals surface area contributed by atoms with E-state index in [9.17, 15) is 14.4 Å². The Morgan fingerprint density at radius 2 is 1.62 bits per heavy atom. The van der Waals surface area contributed by atoms with E-state index >= 15 is 0 Å². The quantitative estimate of drug-likeness (QED) is 0.189. The van der Waals surface area contributed by atoms with E-state index in [2.05, 4.69) is 46.8 Å². The molecule has 1 saturated carbocycles. The maximum Gasteiger partial charge on any atom is 0.306 e. The minimum Gasteiger partial charge on any atom is -0.462 e. The third-order valence-corrected chi connectivity index (χ3v) is 15.3. The molecule has 3 aliphatic heterocycles. The molecule has 0 spiro atoms. The molecule has 0 aromatic heterocycles. The maximum absolute atomic E-state index is 14.9. The number of hydrogen-bond donors (Lipinski definition) is 0. The topological polar surface area (TPSA) is 110 Å². The summed E-state index contributed by atoms with van der Waals surface area (Å²) >= 11 is 0. The van der Waals surface area contributed by atoms with Crippen molar-refractivity contribution >= 4 is 17.7 Å². The first-order chi connectivity index (χ1) is 27.8. The number of fused-ring (bicyclic) bond motifs is 5. The highest BCUT2D eigenvalue weighted by Gasteiger charge is 2.53. The van der Waals surface area contributed by atoms with Gasteiger partial charge in [-0.1, -0.05) is 63.6 Å². The fourth-order valence-corrected chi connectivity index (χ4v) is 11.4. The molecule has 58 heavy (non-hydrogen) atoms. The highest BCUT2D eigenvalue weighted by atomic mass is 16.7. The molecule has 10 nitrogen and oxygen atoms in total. The Bertz CT molecular complexity index is 1680. The average Bonchev–Trinajstić information content (AvgIpc) is 3.80. The summed E-state index contributed by atoms with van der Waals surface area (Å²) in [7, 11) is 3.59. The van der Waals surface area contributed by atoms with Gasteiger partial charge in [0.25, 0.3) is 5.91 Å². The molecule has 3 aliphatic carbocycles. The molecule has 0 N–H and O–H groups in total. The fraction of sp³-hybridized carbons (Fsp3) is 0.729. The Morgan fingerprint density at radius 3 is 2.33 bits per heavy atom. The number of carbonyl (C=O) groups excluding carboxylic acids is 3. The first-order valence-electron chi connectivity index (χ1n) is 22.4. The molecule has 1 amide bonds. The second-order valence-electron chi connectivity index (χ2n) is 18.6. The molecule has 0 bridgehead atoms. The lowest BCUT2D eigenvalue weighted by atomic mass is 9.67. The first kappa shape index (κ1) is 43.2. The number of carbonyl (C=O) groups is 3. The van der Waals surface area contributed by atoms with Crippen LogP contribution in [0, 0.1) is 47.3 Å². The molecular weight excluding hydrogens is 735 g/mol. The Hall–Kier alpha value is -2.89. The van der Waals surface area contributed by atoms with Gasteiger partial charge in [0, 0.05) is 38.0 Å². The number of esters is 1. The van der Waals surface area contributed by atoms with Crippen LogP contribution in [0.5, 0.6) is 0 Å². The number of allylic oxidation sites excluding steroid dienone is 4. The Balaban J connectivity index is 1.08. The lowest BCUT2D eigenvalue weighted by Crippen LogP contribution is -2.51. The van der Waals surface area contributed by atoms with Gasteiger partial charge in [-0.05, 0) is 119 Å². The number of nitrogens with zero attached hydrogens (tertiary/aromatic N) is 1. The van der Waals surface area contributed by atoms with Crippen LogP contribution in [0.2, 0.25) is 0 Å². The highest BCUT2D eigenvalue weighted by Crippen LogP contribution is 2.56. The Labute approximate surface area is 346 Å². The molecule has 7 rings (SSSR count). The minimum absolute atomic E-state index is 0.00831. The number of hydrogen-bond acceptors (Lipinski definition) is 9. The molecule has 3 saturated heterocycles. The molecule has 0 radical (unpaired) electrons. The molecule has 1 aromatic carbocycles. The summed E-state index contributed by atoms with van der Waals surface area (Å²) in [6, 6.07) is 9.25. The highest BCUT2D eigenvalue weighted by molar-refractivity contribution is 5.99. The van der Waals surface area contributed by atoms with E-state index in [1.165, 1.54) is 5.57 Å². The smallest absolute Gasteiger partial charge is 0.306 e. The van der Waals surface area contributed by atoms with Crippen LogP contribution in [0.15, 0.2) is 53.6 Å². The summed E-state index contributed by atoms with van der Waals surface area (Å²) in [5.41, 5.74) is 2.73. The molecule has 6 aliphatic rings. The monoisotopic (exact) mass is 803 g/mol. The van der Waals surface area contributed by atoms with Gasteiger partial charge in [0.05, 0.1) is 36.9 Å². The van der Waals surface area contributed by atoms with E-state index < -0.39 is 18.5 Å². The van der Waals surface area contributed by atoms with Gasteiger partial charge in [-0.2, -0.15) is 0 Å². The Kier molecular flexibility index (Phi) is 13.7. The van der Waals surface area contributed by atoms with Crippen molar-refractivity contribution in [1.29, 1.82) is 0 Å². The van der Waals surface area contributed by atoms with E-state index in [1.807, 2.05) is 51.2 Å². The van der Waals surface area contributed by atoms with Crippen molar-refractivity contribution in [1.82, 2.24) is 4.90 Å². The van der Waals surface area contributed by atoms with E-state index in [1.54, 1.807) is 12.0 Å². The molecule has 1 aromatic rings. The van der Waals surface area contributed by atoms with Crippen LogP contribution in [0.25, 0.3) is 0 Å². The van der Waals surface area contributed by atoms with E-state index in [0.29, 0.717) is 48.5 Å². The van der Waals surface area contributed by atoms with E-state index in [0.717, 1.165) is 37.7 Å².